The van der Waals surface area contributed by atoms with E-state index in [2.05, 4.69) is 42.0 Å². The van der Waals surface area contributed by atoms with Crippen molar-refractivity contribution in [3.05, 3.63) is 35.9 Å². The van der Waals surface area contributed by atoms with Crippen molar-refractivity contribution in [2.45, 2.75) is 25.3 Å². The highest BCUT2D eigenvalue weighted by Crippen LogP contribution is 2.26. The highest BCUT2D eigenvalue weighted by Gasteiger charge is 2.24. The molecule has 1 saturated heterocycles. The van der Waals surface area contributed by atoms with Crippen molar-refractivity contribution in [3.63, 3.8) is 0 Å². The minimum absolute atomic E-state index is 0.529. The van der Waals surface area contributed by atoms with Crippen molar-refractivity contribution in [1.82, 2.24) is 9.88 Å². The number of rotatable bonds is 3. The largest absolute Gasteiger partial charge is 0.354 e. The van der Waals surface area contributed by atoms with Gasteiger partial charge in [0, 0.05) is 36.9 Å². The lowest BCUT2D eigenvalue weighted by Gasteiger charge is -2.39. The van der Waals surface area contributed by atoms with Gasteiger partial charge in [0.05, 0.1) is 5.52 Å². The molecule has 3 nitrogen and oxygen atoms in total. The molecule has 112 valence electrons. The van der Waals surface area contributed by atoms with E-state index >= 15 is 0 Å². The second kappa shape index (κ2) is 6.20. The molecule has 0 radical (unpaired) electrons. The lowest BCUT2D eigenvalue weighted by Crippen LogP contribution is -2.51. The van der Waals surface area contributed by atoms with Crippen LogP contribution in [0.2, 0.25) is 0 Å². The standard InChI is InChI=1S/C17H22ClN3/c1-3-14-12-21(9-8-20(14)2)17-10-13(11-18)15-6-4-5-7-16(15)19-17/h4-7,10,14H,3,8-9,11-12H2,1-2H3. The number of benzene rings is 1. The van der Waals surface area contributed by atoms with Gasteiger partial charge in [-0.3, -0.25) is 4.90 Å². The number of hydrogen-bond acceptors (Lipinski definition) is 3. The fraction of sp³-hybridized carbons (Fsp3) is 0.471. The Balaban J connectivity index is 1.97. The number of likely N-dealkylation sites (N-methyl/N-ethyl adjacent to an activating group) is 1. The fourth-order valence-corrected chi connectivity index (χ4v) is 3.32. The zero-order chi connectivity index (χ0) is 14.8. The molecule has 1 aromatic heterocycles. The smallest absolute Gasteiger partial charge is 0.129 e. The molecule has 0 amide bonds. The van der Waals surface area contributed by atoms with Gasteiger partial charge in [0.1, 0.15) is 5.82 Å². The van der Waals surface area contributed by atoms with Gasteiger partial charge >= 0.3 is 0 Å². The third-order valence-electron chi connectivity index (χ3n) is 4.50. The molecular weight excluding hydrogens is 282 g/mol. The van der Waals surface area contributed by atoms with Crippen LogP contribution in [0.3, 0.4) is 0 Å². The number of piperazine rings is 1. The maximum absolute atomic E-state index is 6.14. The van der Waals surface area contributed by atoms with E-state index < -0.39 is 0 Å². The van der Waals surface area contributed by atoms with Gasteiger partial charge in [-0.15, -0.1) is 11.6 Å². The third-order valence-corrected chi connectivity index (χ3v) is 4.79. The predicted octanol–water partition coefficient (Wildman–Crippen LogP) is 3.50. The number of alkyl halides is 1. The number of halogens is 1. The first kappa shape index (κ1) is 14.6. The number of anilines is 1. The second-order valence-electron chi connectivity index (χ2n) is 5.78. The lowest BCUT2D eigenvalue weighted by atomic mass is 10.1. The Morgan fingerprint density at radius 1 is 1.29 bits per heavy atom. The van der Waals surface area contributed by atoms with E-state index in [1.165, 1.54) is 12.0 Å². The van der Waals surface area contributed by atoms with Gasteiger partial charge in [0.2, 0.25) is 0 Å². The normalized spacial score (nSPS) is 20.1. The summed E-state index contributed by atoms with van der Waals surface area (Å²) in [7, 11) is 2.21. The Morgan fingerprint density at radius 2 is 2.10 bits per heavy atom. The van der Waals surface area contributed by atoms with Crippen molar-refractivity contribution < 1.29 is 0 Å². The molecule has 3 rings (SSSR count). The Bertz CT molecular complexity index is 628. The highest BCUT2D eigenvalue weighted by atomic mass is 35.5. The summed E-state index contributed by atoms with van der Waals surface area (Å²) in [6.45, 7) is 5.41. The summed E-state index contributed by atoms with van der Waals surface area (Å²) in [5, 5.41) is 1.16. The molecule has 1 aliphatic heterocycles. The summed E-state index contributed by atoms with van der Waals surface area (Å²) < 4.78 is 0. The van der Waals surface area contributed by atoms with Crippen LogP contribution >= 0.6 is 11.6 Å². The molecule has 2 heterocycles. The van der Waals surface area contributed by atoms with Crippen molar-refractivity contribution in [2.75, 3.05) is 31.6 Å². The molecule has 21 heavy (non-hydrogen) atoms. The Kier molecular flexibility index (Phi) is 4.32. The third kappa shape index (κ3) is 2.85. The number of fused-ring (bicyclic) bond motifs is 1. The van der Waals surface area contributed by atoms with Gasteiger partial charge in [-0.2, -0.15) is 0 Å². The van der Waals surface area contributed by atoms with E-state index in [0.717, 1.165) is 36.4 Å². The van der Waals surface area contributed by atoms with E-state index in [-0.39, 0.29) is 0 Å². The summed E-state index contributed by atoms with van der Waals surface area (Å²) in [5.41, 5.74) is 2.21. The van der Waals surface area contributed by atoms with Gasteiger partial charge in [-0.1, -0.05) is 25.1 Å². The van der Waals surface area contributed by atoms with Crippen LogP contribution < -0.4 is 4.90 Å². The molecule has 0 bridgehead atoms. The Morgan fingerprint density at radius 3 is 2.86 bits per heavy atom. The number of aromatic nitrogens is 1. The summed E-state index contributed by atoms with van der Waals surface area (Å²) in [5.74, 6) is 1.59. The van der Waals surface area contributed by atoms with E-state index in [1.54, 1.807) is 0 Å². The number of nitrogens with zero attached hydrogens (tertiary/aromatic N) is 3. The summed E-state index contributed by atoms with van der Waals surface area (Å²) in [4.78, 5) is 9.69. The van der Waals surface area contributed by atoms with Crippen LogP contribution in [0, 0.1) is 0 Å². The van der Waals surface area contributed by atoms with Gasteiger partial charge in [-0.25, -0.2) is 4.98 Å². The van der Waals surface area contributed by atoms with Crippen LogP contribution in [-0.2, 0) is 5.88 Å². The van der Waals surface area contributed by atoms with Gasteiger partial charge in [0.15, 0.2) is 0 Å². The Hall–Kier alpha value is -1.32. The average molecular weight is 304 g/mol. The van der Waals surface area contributed by atoms with Crippen LogP contribution in [-0.4, -0.2) is 42.6 Å². The molecule has 4 heteroatoms. The molecule has 0 aliphatic carbocycles. The topological polar surface area (TPSA) is 19.4 Å². The molecule has 0 spiro atoms. The van der Waals surface area contributed by atoms with E-state index in [0.29, 0.717) is 11.9 Å². The molecule has 1 fully saturated rings. The zero-order valence-corrected chi connectivity index (χ0v) is 13.5. The molecule has 2 aromatic rings. The predicted molar refractivity (Wildman–Crippen MR) is 90.2 cm³/mol. The number of hydrogen-bond donors (Lipinski definition) is 0. The maximum Gasteiger partial charge on any atom is 0.129 e. The van der Waals surface area contributed by atoms with Crippen molar-refractivity contribution in [2.24, 2.45) is 0 Å². The first-order valence-corrected chi connectivity index (χ1v) is 8.16. The first-order valence-electron chi connectivity index (χ1n) is 7.62. The van der Waals surface area contributed by atoms with Crippen LogP contribution in [0.1, 0.15) is 18.9 Å². The average Bonchev–Trinajstić information content (AvgIpc) is 2.54. The lowest BCUT2D eigenvalue weighted by molar-refractivity contribution is 0.213. The van der Waals surface area contributed by atoms with Crippen LogP contribution in [0.15, 0.2) is 30.3 Å². The maximum atomic E-state index is 6.14. The van der Waals surface area contributed by atoms with Gasteiger partial charge in [0.25, 0.3) is 0 Å². The fourth-order valence-electron chi connectivity index (χ4n) is 3.10. The first-order chi connectivity index (χ1) is 10.2. The van der Waals surface area contributed by atoms with Crippen molar-refractivity contribution in [3.8, 4) is 0 Å². The van der Waals surface area contributed by atoms with Crippen molar-refractivity contribution >= 4 is 28.3 Å². The number of pyridine rings is 1. The molecule has 0 N–H and O–H groups in total. The van der Waals surface area contributed by atoms with Crippen LogP contribution in [0.4, 0.5) is 5.82 Å². The quantitative estimate of drug-likeness (QED) is 0.809. The van der Waals surface area contributed by atoms with Crippen molar-refractivity contribution in [1.29, 1.82) is 0 Å². The summed E-state index contributed by atoms with van der Waals surface area (Å²) in [6, 6.07) is 11.0. The van der Waals surface area contributed by atoms with Gasteiger partial charge in [-0.05, 0) is 31.2 Å². The number of para-hydroxylation sites is 1. The molecule has 0 saturated carbocycles. The molecule has 1 aliphatic rings. The highest BCUT2D eigenvalue weighted by molar-refractivity contribution is 6.18. The minimum atomic E-state index is 0.529. The molecule has 1 unspecified atom stereocenters. The minimum Gasteiger partial charge on any atom is -0.354 e. The summed E-state index contributed by atoms with van der Waals surface area (Å²) >= 11 is 6.14. The monoisotopic (exact) mass is 303 g/mol. The Labute approximate surface area is 131 Å². The van der Waals surface area contributed by atoms with Gasteiger partial charge < -0.3 is 4.90 Å². The van der Waals surface area contributed by atoms with E-state index in [4.69, 9.17) is 16.6 Å². The molecule has 1 aromatic carbocycles. The second-order valence-corrected chi connectivity index (χ2v) is 6.05. The van der Waals surface area contributed by atoms with Crippen LogP contribution in [0.5, 0.6) is 0 Å². The van der Waals surface area contributed by atoms with Crippen LogP contribution in [0.25, 0.3) is 10.9 Å². The SMILES string of the molecule is CCC1CN(c2cc(CCl)c3ccccc3n2)CCN1C. The van der Waals surface area contributed by atoms with E-state index in [9.17, 15) is 0 Å². The zero-order valence-electron chi connectivity index (χ0n) is 12.7. The molecule has 1 atom stereocenters. The van der Waals surface area contributed by atoms with E-state index in [1.807, 2.05) is 12.1 Å². The summed E-state index contributed by atoms with van der Waals surface area (Å²) in [6.07, 6.45) is 1.17. The molecular formula is C17H22ClN3.